The van der Waals surface area contributed by atoms with Gasteiger partial charge in [-0.15, -0.1) is 0 Å². The molecule has 0 saturated carbocycles. The summed E-state index contributed by atoms with van der Waals surface area (Å²) in [7, 11) is 0. The molecule has 1 aliphatic heterocycles. The summed E-state index contributed by atoms with van der Waals surface area (Å²) < 4.78 is 0. The van der Waals surface area contributed by atoms with Crippen LogP contribution in [-0.2, 0) is 11.2 Å². The van der Waals surface area contributed by atoms with Gasteiger partial charge in [-0.1, -0.05) is 31.2 Å². The molecule has 86 valence electrons. The third-order valence-electron chi connectivity index (χ3n) is 3.05. The summed E-state index contributed by atoms with van der Waals surface area (Å²) in [6.07, 6.45) is 0.620. The molecule has 0 amide bonds. The van der Waals surface area contributed by atoms with Crippen molar-refractivity contribution in [3.05, 3.63) is 35.4 Å². The highest BCUT2D eigenvalue weighted by Gasteiger charge is 2.20. The predicted molar refractivity (Wildman–Crippen MR) is 67.0 cm³/mol. The Bertz CT molecular complexity index is 368. The second-order valence-electron chi connectivity index (χ2n) is 4.42. The van der Waals surface area contributed by atoms with E-state index in [1.54, 1.807) is 6.92 Å². The quantitative estimate of drug-likeness (QED) is 0.873. The van der Waals surface area contributed by atoms with E-state index in [4.69, 9.17) is 5.11 Å². The Morgan fingerprint density at radius 3 is 2.50 bits per heavy atom. The van der Waals surface area contributed by atoms with Gasteiger partial charge < -0.3 is 5.11 Å². The first-order valence-electron chi connectivity index (χ1n) is 5.56. The van der Waals surface area contributed by atoms with Crippen molar-refractivity contribution in [3.63, 3.8) is 0 Å². The molecule has 0 aromatic heterocycles. The zero-order chi connectivity index (χ0) is 11.5. The van der Waals surface area contributed by atoms with Gasteiger partial charge in [0.25, 0.3) is 0 Å². The summed E-state index contributed by atoms with van der Waals surface area (Å²) in [4.78, 5) is 10.7. The number of carboxylic acid groups (broad SMARTS) is 1. The molecule has 1 aromatic carbocycles. The van der Waals surface area contributed by atoms with Crippen LogP contribution in [0.3, 0.4) is 0 Å². The van der Waals surface area contributed by atoms with Gasteiger partial charge in [0.05, 0.1) is 5.92 Å². The summed E-state index contributed by atoms with van der Waals surface area (Å²) in [5, 5.41) is 8.83. The molecule has 0 aliphatic carbocycles. The van der Waals surface area contributed by atoms with Gasteiger partial charge >= 0.3 is 5.97 Å². The lowest BCUT2D eigenvalue weighted by Gasteiger charge is -2.25. The van der Waals surface area contributed by atoms with Gasteiger partial charge in [0.2, 0.25) is 0 Å². The van der Waals surface area contributed by atoms with Crippen LogP contribution in [0.15, 0.2) is 24.3 Å². The Hall–Kier alpha value is -0.960. The van der Waals surface area contributed by atoms with Gasteiger partial charge in [0.15, 0.2) is 0 Å². The summed E-state index contributed by atoms with van der Waals surface area (Å²) in [6.45, 7) is 1.75. The molecule has 1 saturated heterocycles. The minimum absolute atomic E-state index is 0.301. The second kappa shape index (κ2) is 4.91. The van der Waals surface area contributed by atoms with Crippen LogP contribution in [0.4, 0.5) is 0 Å². The molecule has 1 heterocycles. The van der Waals surface area contributed by atoms with E-state index < -0.39 is 5.97 Å². The van der Waals surface area contributed by atoms with Gasteiger partial charge in [0.1, 0.15) is 0 Å². The van der Waals surface area contributed by atoms with Crippen LogP contribution < -0.4 is 0 Å². The van der Waals surface area contributed by atoms with Crippen LogP contribution >= 0.6 is 11.8 Å². The summed E-state index contributed by atoms with van der Waals surface area (Å²) in [6, 6.07) is 8.43. The topological polar surface area (TPSA) is 37.3 Å². The molecule has 2 nitrogen and oxygen atoms in total. The molecule has 3 heteroatoms. The smallest absolute Gasteiger partial charge is 0.306 e. The zero-order valence-corrected chi connectivity index (χ0v) is 10.2. The predicted octanol–water partition coefficient (Wildman–Crippen LogP) is 2.78. The molecule has 1 aliphatic rings. The first-order chi connectivity index (χ1) is 7.66. The van der Waals surface area contributed by atoms with E-state index in [1.807, 2.05) is 11.8 Å². The Balaban J connectivity index is 1.98. The maximum absolute atomic E-state index is 10.7. The van der Waals surface area contributed by atoms with Crippen molar-refractivity contribution in [1.82, 2.24) is 0 Å². The van der Waals surface area contributed by atoms with E-state index in [0.29, 0.717) is 6.42 Å². The Morgan fingerprint density at radius 1 is 1.44 bits per heavy atom. The third-order valence-corrected chi connectivity index (χ3v) is 4.33. The van der Waals surface area contributed by atoms with Crippen molar-refractivity contribution in [1.29, 1.82) is 0 Å². The normalized spacial score (nSPS) is 17.8. The van der Waals surface area contributed by atoms with Crippen molar-refractivity contribution >= 4 is 17.7 Å². The highest BCUT2D eigenvalue weighted by atomic mass is 32.2. The number of hydrogen-bond acceptors (Lipinski definition) is 2. The number of thioether (sulfide) groups is 1. The van der Waals surface area contributed by atoms with Crippen molar-refractivity contribution in [2.75, 3.05) is 11.5 Å². The standard InChI is InChI=1S/C13H16O2S/c1-9(13(14)15)6-10-2-4-11(5-3-10)12-7-16-8-12/h2-5,9,12H,6-8H2,1H3,(H,14,15). The molecule has 0 spiro atoms. The van der Waals surface area contributed by atoms with Crippen LogP contribution in [0.5, 0.6) is 0 Å². The number of rotatable bonds is 4. The van der Waals surface area contributed by atoms with Gasteiger partial charge in [0, 0.05) is 17.4 Å². The van der Waals surface area contributed by atoms with Gasteiger partial charge in [-0.05, 0) is 17.5 Å². The fourth-order valence-electron chi connectivity index (χ4n) is 1.79. The molecule has 1 fully saturated rings. The third kappa shape index (κ3) is 2.59. The lowest BCUT2D eigenvalue weighted by molar-refractivity contribution is -0.141. The van der Waals surface area contributed by atoms with Crippen molar-refractivity contribution in [3.8, 4) is 0 Å². The second-order valence-corrected chi connectivity index (χ2v) is 5.49. The molecule has 1 unspecified atom stereocenters. The van der Waals surface area contributed by atoms with Gasteiger partial charge in [-0.3, -0.25) is 4.79 Å². The monoisotopic (exact) mass is 236 g/mol. The number of aliphatic carboxylic acids is 1. The lowest BCUT2D eigenvalue weighted by Crippen LogP contribution is -2.15. The van der Waals surface area contributed by atoms with Crippen LogP contribution in [0.1, 0.15) is 24.0 Å². The van der Waals surface area contributed by atoms with Crippen molar-refractivity contribution < 1.29 is 9.90 Å². The Morgan fingerprint density at radius 2 is 2.06 bits per heavy atom. The molecule has 0 radical (unpaired) electrons. The number of benzene rings is 1. The van der Waals surface area contributed by atoms with E-state index in [2.05, 4.69) is 24.3 Å². The minimum atomic E-state index is -0.723. The first kappa shape index (κ1) is 11.5. The highest BCUT2D eigenvalue weighted by molar-refractivity contribution is 8.00. The fraction of sp³-hybridized carbons (Fsp3) is 0.462. The SMILES string of the molecule is CC(Cc1ccc(C2CSC2)cc1)C(=O)O. The zero-order valence-electron chi connectivity index (χ0n) is 9.35. The highest BCUT2D eigenvalue weighted by Crippen LogP contribution is 2.33. The summed E-state index contributed by atoms with van der Waals surface area (Å²) >= 11 is 1.98. The van der Waals surface area contributed by atoms with Gasteiger partial charge in [-0.2, -0.15) is 11.8 Å². The average molecular weight is 236 g/mol. The number of carbonyl (C=O) groups is 1. The molecule has 1 N–H and O–H groups in total. The van der Waals surface area contributed by atoms with E-state index >= 15 is 0 Å². The molecular weight excluding hydrogens is 220 g/mol. The average Bonchev–Trinajstić information content (AvgIpc) is 2.18. The number of carboxylic acids is 1. The van der Waals surface area contributed by atoms with Crippen LogP contribution in [0, 0.1) is 5.92 Å². The van der Waals surface area contributed by atoms with Crippen LogP contribution in [-0.4, -0.2) is 22.6 Å². The van der Waals surface area contributed by atoms with Crippen molar-refractivity contribution in [2.24, 2.45) is 5.92 Å². The molecular formula is C13H16O2S. The van der Waals surface area contributed by atoms with E-state index in [1.165, 1.54) is 17.1 Å². The maximum Gasteiger partial charge on any atom is 0.306 e. The van der Waals surface area contributed by atoms with E-state index in [-0.39, 0.29) is 5.92 Å². The van der Waals surface area contributed by atoms with Gasteiger partial charge in [-0.25, -0.2) is 0 Å². The Labute approximate surface area is 100 Å². The largest absolute Gasteiger partial charge is 0.481 e. The van der Waals surface area contributed by atoms with Crippen molar-refractivity contribution in [2.45, 2.75) is 19.3 Å². The molecule has 1 aromatic rings. The minimum Gasteiger partial charge on any atom is -0.481 e. The fourth-order valence-corrected chi connectivity index (χ4v) is 2.65. The number of hydrogen-bond donors (Lipinski definition) is 1. The first-order valence-corrected chi connectivity index (χ1v) is 6.71. The molecule has 2 rings (SSSR count). The summed E-state index contributed by atoms with van der Waals surface area (Å²) in [5.41, 5.74) is 2.51. The molecule has 0 bridgehead atoms. The molecule has 16 heavy (non-hydrogen) atoms. The van der Waals surface area contributed by atoms with Crippen LogP contribution in [0.2, 0.25) is 0 Å². The van der Waals surface area contributed by atoms with E-state index in [0.717, 1.165) is 11.5 Å². The maximum atomic E-state index is 10.7. The molecule has 1 atom stereocenters. The summed E-state index contributed by atoms with van der Waals surface area (Å²) in [5.74, 6) is 2.15. The Kier molecular flexibility index (Phi) is 3.54. The lowest BCUT2D eigenvalue weighted by atomic mass is 9.97. The van der Waals surface area contributed by atoms with Crippen LogP contribution in [0.25, 0.3) is 0 Å². The van der Waals surface area contributed by atoms with E-state index in [9.17, 15) is 4.79 Å².